The summed E-state index contributed by atoms with van der Waals surface area (Å²) in [6, 6.07) is 16.1. The number of fused-ring (bicyclic) bond motifs is 1. The van der Waals surface area contributed by atoms with Crippen LogP contribution in [0.3, 0.4) is 0 Å². The van der Waals surface area contributed by atoms with Gasteiger partial charge in [-0.25, -0.2) is 4.98 Å². The fraction of sp³-hybridized carbons (Fsp3) is 0.318. The average molecular weight is 360 g/mol. The van der Waals surface area contributed by atoms with Gasteiger partial charge in [0.05, 0.1) is 23.3 Å². The lowest BCUT2D eigenvalue weighted by atomic mass is 10.2. The molecule has 1 fully saturated rings. The smallest absolute Gasteiger partial charge is 0.255 e. The Kier molecular flexibility index (Phi) is 4.75. The Labute approximate surface area is 159 Å². The molecule has 1 atom stereocenters. The maximum Gasteiger partial charge on any atom is 0.255 e. The number of rotatable bonds is 6. The molecule has 5 heteroatoms. The third-order valence-corrected chi connectivity index (χ3v) is 5.12. The van der Waals surface area contributed by atoms with Gasteiger partial charge in [0.2, 0.25) is 0 Å². The number of hydrogen-bond donors (Lipinski definition) is 1. The lowest BCUT2D eigenvalue weighted by Gasteiger charge is -2.18. The van der Waals surface area contributed by atoms with Gasteiger partial charge in [0.15, 0.2) is 0 Å². The van der Waals surface area contributed by atoms with E-state index in [1.165, 1.54) is 12.8 Å². The average Bonchev–Trinajstić information content (AvgIpc) is 3.53. The first-order valence-corrected chi connectivity index (χ1v) is 9.43. The van der Waals surface area contributed by atoms with Crippen molar-refractivity contribution in [2.24, 2.45) is 5.92 Å². The zero-order valence-corrected chi connectivity index (χ0v) is 15.7. The topological polar surface area (TPSA) is 58.1 Å². The second-order valence-electron chi connectivity index (χ2n) is 7.36. The molecule has 0 bridgehead atoms. The first-order valence-electron chi connectivity index (χ1n) is 9.43. The molecule has 1 aromatic carbocycles. The predicted octanol–water partition coefficient (Wildman–Crippen LogP) is 4.11. The molecule has 1 saturated carbocycles. The third kappa shape index (κ3) is 4.08. The minimum absolute atomic E-state index is 0.0562. The van der Waals surface area contributed by atoms with Crippen LogP contribution in [0.4, 0.5) is 5.82 Å². The van der Waals surface area contributed by atoms with E-state index in [-0.39, 0.29) is 5.91 Å². The van der Waals surface area contributed by atoms with Crippen molar-refractivity contribution in [1.82, 2.24) is 14.9 Å². The summed E-state index contributed by atoms with van der Waals surface area (Å²) in [4.78, 5) is 23.4. The van der Waals surface area contributed by atoms with Crippen LogP contribution in [0.5, 0.6) is 0 Å². The summed E-state index contributed by atoms with van der Waals surface area (Å²) < 4.78 is 0. The van der Waals surface area contributed by atoms with Gasteiger partial charge >= 0.3 is 0 Å². The number of nitrogens with one attached hydrogen (secondary N) is 1. The van der Waals surface area contributed by atoms with E-state index in [2.05, 4.69) is 22.2 Å². The van der Waals surface area contributed by atoms with Crippen molar-refractivity contribution in [2.45, 2.75) is 32.4 Å². The maximum atomic E-state index is 12.7. The van der Waals surface area contributed by atoms with Crippen molar-refractivity contribution >= 4 is 22.6 Å². The van der Waals surface area contributed by atoms with Crippen LogP contribution in [0, 0.1) is 5.92 Å². The molecule has 2 heterocycles. The van der Waals surface area contributed by atoms with Crippen molar-refractivity contribution in [3.63, 3.8) is 0 Å². The van der Waals surface area contributed by atoms with E-state index in [9.17, 15) is 4.79 Å². The predicted molar refractivity (Wildman–Crippen MR) is 108 cm³/mol. The number of aromatic nitrogens is 2. The second kappa shape index (κ2) is 7.35. The number of pyridine rings is 2. The zero-order chi connectivity index (χ0) is 18.8. The summed E-state index contributed by atoms with van der Waals surface area (Å²) >= 11 is 0. The fourth-order valence-corrected chi connectivity index (χ4v) is 3.28. The van der Waals surface area contributed by atoms with E-state index < -0.39 is 0 Å². The van der Waals surface area contributed by atoms with E-state index in [1.807, 2.05) is 48.5 Å². The summed E-state index contributed by atoms with van der Waals surface area (Å²) in [5.41, 5.74) is 2.40. The van der Waals surface area contributed by atoms with Crippen molar-refractivity contribution in [3.8, 4) is 0 Å². The number of nitrogens with zero attached hydrogens (tertiary/aromatic N) is 3. The minimum Gasteiger partial charge on any atom is -0.367 e. The number of anilines is 1. The highest BCUT2D eigenvalue weighted by Crippen LogP contribution is 2.33. The Morgan fingerprint density at radius 2 is 2.00 bits per heavy atom. The second-order valence-corrected chi connectivity index (χ2v) is 7.36. The van der Waals surface area contributed by atoms with Crippen LogP contribution in [0.2, 0.25) is 0 Å². The van der Waals surface area contributed by atoms with Crippen LogP contribution in [0.1, 0.15) is 35.8 Å². The molecule has 2 aromatic heterocycles. The lowest BCUT2D eigenvalue weighted by molar-refractivity contribution is 0.0783. The molecular weight excluding hydrogens is 336 g/mol. The molecule has 1 amide bonds. The van der Waals surface area contributed by atoms with Gasteiger partial charge in [-0.1, -0.05) is 24.3 Å². The molecule has 5 nitrogen and oxygen atoms in total. The van der Waals surface area contributed by atoms with E-state index in [1.54, 1.807) is 18.1 Å². The Bertz CT molecular complexity index is 950. The highest BCUT2D eigenvalue weighted by atomic mass is 16.2. The van der Waals surface area contributed by atoms with E-state index in [4.69, 9.17) is 0 Å². The summed E-state index contributed by atoms with van der Waals surface area (Å²) in [5.74, 6) is 1.53. The SMILES string of the molecule is C[C@H](Nc1ccc(C(=O)N(C)Cc2ccc3ccccc3n2)cn1)C1CC1. The number of carbonyl (C=O) groups excluding carboxylic acids is 1. The van der Waals surface area contributed by atoms with Gasteiger partial charge in [0.1, 0.15) is 5.82 Å². The highest BCUT2D eigenvalue weighted by Gasteiger charge is 2.28. The summed E-state index contributed by atoms with van der Waals surface area (Å²) in [6.45, 7) is 2.64. The zero-order valence-electron chi connectivity index (χ0n) is 15.7. The van der Waals surface area contributed by atoms with Crippen LogP contribution < -0.4 is 5.32 Å². The molecule has 0 unspecified atom stereocenters. The van der Waals surface area contributed by atoms with Crippen LogP contribution >= 0.6 is 0 Å². The van der Waals surface area contributed by atoms with Crippen molar-refractivity contribution in [2.75, 3.05) is 12.4 Å². The van der Waals surface area contributed by atoms with Crippen LogP contribution in [0.15, 0.2) is 54.7 Å². The molecule has 0 spiro atoms. The van der Waals surface area contributed by atoms with Gasteiger partial charge < -0.3 is 10.2 Å². The Balaban J connectivity index is 1.41. The van der Waals surface area contributed by atoms with Gasteiger partial charge in [-0.05, 0) is 49.9 Å². The monoisotopic (exact) mass is 360 g/mol. The Hall–Kier alpha value is -2.95. The van der Waals surface area contributed by atoms with Gasteiger partial charge in [-0.2, -0.15) is 0 Å². The molecule has 1 aliphatic rings. The molecular formula is C22H24N4O. The van der Waals surface area contributed by atoms with Gasteiger partial charge in [0.25, 0.3) is 5.91 Å². The number of benzene rings is 1. The quantitative estimate of drug-likeness (QED) is 0.719. The minimum atomic E-state index is -0.0562. The third-order valence-electron chi connectivity index (χ3n) is 5.12. The first kappa shape index (κ1) is 17.5. The molecule has 0 radical (unpaired) electrons. The van der Waals surface area contributed by atoms with Crippen molar-refractivity contribution in [3.05, 3.63) is 66.0 Å². The Morgan fingerprint density at radius 1 is 1.19 bits per heavy atom. The maximum absolute atomic E-state index is 12.7. The Morgan fingerprint density at radius 3 is 2.74 bits per heavy atom. The number of hydrogen-bond acceptors (Lipinski definition) is 4. The van der Waals surface area contributed by atoms with E-state index >= 15 is 0 Å². The fourth-order valence-electron chi connectivity index (χ4n) is 3.28. The highest BCUT2D eigenvalue weighted by molar-refractivity contribution is 5.93. The van der Waals surface area contributed by atoms with Gasteiger partial charge in [0, 0.05) is 24.7 Å². The summed E-state index contributed by atoms with van der Waals surface area (Å²) in [6.07, 6.45) is 4.23. The molecule has 0 aliphatic heterocycles. The first-order chi connectivity index (χ1) is 13.1. The van der Waals surface area contributed by atoms with Crippen molar-refractivity contribution < 1.29 is 4.79 Å². The van der Waals surface area contributed by atoms with E-state index in [0.717, 1.165) is 28.3 Å². The number of carbonyl (C=O) groups is 1. The summed E-state index contributed by atoms with van der Waals surface area (Å²) in [5, 5.41) is 4.51. The number of amides is 1. The normalized spacial score (nSPS) is 14.7. The summed E-state index contributed by atoms with van der Waals surface area (Å²) in [7, 11) is 1.79. The molecule has 3 aromatic rings. The molecule has 138 valence electrons. The lowest BCUT2D eigenvalue weighted by Crippen LogP contribution is -2.27. The van der Waals surface area contributed by atoms with Gasteiger partial charge in [-0.3, -0.25) is 9.78 Å². The molecule has 1 N–H and O–H groups in total. The van der Waals surface area contributed by atoms with E-state index in [0.29, 0.717) is 18.2 Å². The molecule has 1 aliphatic carbocycles. The van der Waals surface area contributed by atoms with Crippen molar-refractivity contribution in [1.29, 1.82) is 0 Å². The number of para-hydroxylation sites is 1. The van der Waals surface area contributed by atoms with Crippen LogP contribution in [-0.4, -0.2) is 33.9 Å². The van der Waals surface area contributed by atoms with Gasteiger partial charge in [-0.15, -0.1) is 0 Å². The van der Waals surface area contributed by atoms with Crippen LogP contribution in [0.25, 0.3) is 10.9 Å². The molecule has 27 heavy (non-hydrogen) atoms. The molecule has 4 rings (SSSR count). The van der Waals surface area contributed by atoms with Crippen LogP contribution in [-0.2, 0) is 6.54 Å². The largest absolute Gasteiger partial charge is 0.367 e. The standard InChI is InChI=1S/C22H24N4O/c1-15(16-7-8-16)24-21-12-10-18(13-23-21)22(27)26(2)14-19-11-9-17-5-3-4-6-20(17)25-19/h3-6,9-13,15-16H,7-8,14H2,1-2H3,(H,23,24)/t15-/m0/s1. The molecule has 0 saturated heterocycles.